The van der Waals surface area contributed by atoms with Gasteiger partial charge in [-0.05, 0) is 18.6 Å². The number of benzene rings is 1. The van der Waals surface area contributed by atoms with Crippen molar-refractivity contribution in [1.82, 2.24) is 15.1 Å². The summed E-state index contributed by atoms with van der Waals surface area (Å²) in [5.74, 6) is 0.0165. The number of aryl methyl sites for hydroxylation is 1. The van der Waals surface area contributed by atoms with Crippen LogP contribution in [-0.4, -0.2) is 81.1 Å². The fourth-order valence-corrected chi connectivity index (χ4v) is 2.76. The molecule has 0 aromatic heterocycles. The highest BCUT2D eigenvalue weighted by molar-refractivity contribution is 5.92. The van der Waals surface area contributed by atoms with Gasteiger partial charge in [0.1, 0.15) is 0 Å². The van der Waals surface area contributed by atoms with E-state index in [9.17, 15) is 9.59 Å². The molecule has 0 unspecified atom stereocenters. The van der Waals surface area contributed by atoms with E-state index in [1.54, 1.807) is 7.11 Å². The monoisotopic (exact) mass is 348 g/mol. The standard InChI is InChI=1S/C18H28N4O3/c1-15-5-3-4-6-16(15)20-18(24)14-22-10-8-21(9-11-22)13-17(23)19-7-12-25-2/h3-6H,7-14H2,1-2H3,(H,19,23)(H,20,24). The Kier molecular flexibility index (Phi) is 7.84. The maximum atomic E-state index is 12.2. The van der Waals surface area contributed by atoms with Crippen molar-refractivity contribution in [2.75, 3.05) is 64.8 Å². The predicted molar refractivity (Wildman–Crippen MR) is 97.6 cm³/mol. The second-order valence-corrected chi connectivity index (χ2v) is 6.26. The summed E-state index contributed by atoms with van der Waals surface area (Å²) in [5.41, 5.74) is 1.92. The summed E-state index contributed by atoms with van der Waals surface area (Å²) in [4.78, 5) is 28.2. The number of carbonyl (C=O) groups is 2. The molecule has 0 radical (unpaired) electrons. The van der Waals surface area contributed by atoms with Gasteiger partial charge in [0.2, 0.25) is 11.8 Å². The third kappa shape index (κ3) is 6.81. The maximum Gasteiger partial charge on any atom is 0.238 e. The van der Waals surface area contributed by atoms with Gasteiger partial charge in [0.05, 0.1) is 19.7 Å². The fraction of sp³-hybridized carbons (Fsp3) is 0.556. The van der Waals surface area contributed by atoms with E-state index in [1.807, 2.05) is 31.2 Å². The summed E-state index contributed by atoms with van der Waals surface area (Å²) in [6.07, 6.45) is 0. The molecule has 0 spiro atoms. The van der Waals surface area contributed by atoms with Crippen molar-refractivity contribution >= 4 is 17.5 Å². The van der Waals surface area contributed by atoms with Crippen molar-refractivity contribution in [1.29, 1.82) is 0 Å². The average Bonchev–Trinajstić information content (AvgIpc) is 2.59. The van der Waals surface area contributed by atoms with Crippen LogP contribution in [0, 0.1) is 6.92 Å². The summed E-state index contributed by atoms with van der Waals surface area (Å²) in [5, 5.41) is 5.78. The molecule has 1 aromatic carbocycles. The highest BCUT2D eigenvalue weighted by atomic mass is 16.5. The normalized spacial score (nSPS) is 15.8. The Morgan fingerprint density at radius 2 is 1.64 bits per heavy atom. The van der Waals surface area contributed by atoms with E-state index < -0.39 is 0 Å². The number of nitrogens with one attached hydrogen (secondary N) is 2. The Hall–Kier alpha value is -1.96. The number of anilines is 1. The molecule has 7 heteroatoms. The van der Waals surface area contributed by atoms with Crippen LogP contribution in [0.4, 0.5) is 5.69 Å². The van der Waals surface area contributed by atoms with E-state index in [2.05, 4.69) is 20.4 Å². The van der Waals surface area contributed by atoms with Crippen LogP contribution >= 0.6 is 0 Å². The Balaban J connectivity index is 1.67. The van der Waals surface area contributed by atoms with Gasteiger partial charge in [-0.3, -0.25) is 19.4 Å². The van der Waals surface area contributed by atoms with Crippen molar-refractivity contribution in [3.8, 4) is 0 Å². The number of para-hydroxylation sites is 1. The van der Waals surface area contributed by atoms with Crippen LogP contribution in [0.2, 0.25) is 0 Å². The number of rotatable bonds is 8. The summed E-state index contributed by atoms with van der Waals surface area (Å²) < 4.78 is 4.91. The largest absolute Gasteiger partial charge is 0.383 e. The van der Waals surface area contributed by atoms with Gasteiger partial charge >= 0.3 is 0 Å². The highest BCUT2D eigenvalue weighted by Gasteiger charge is 2.20. The lowest BCUT2D eigenvalue weighted by Gasteiger charge is -2.33. The second kappa shape index (κ2) is 10.1. The highest BCUT2D eigenvalue weighted by Crippen LogP contribution is 2.13. The molecule has 1 aliphatic heterocycles. The van der Waals surface area contributed by atoms with Crippen molar-refractivity contribution in [2.45, 2.75) is 6.92 Å². The summed E-state index contributed by atoms with van der Waals surface area (Å²) in [6.45, 7) is 6.95. The molecule has 25 heavy (non-hydrogen) atoms. The van der Waals surface area contributed by atoms with E-state index in [0.717, 1.165) is 37.4 Å². The molecule has 1 aromatic rings. The Morgan fingerprint density at radius 3 is 2.24 bits per heavy atom. The average molecular weight is 348 g/mol. The van der Waals surface area contributed by atoms with E-state index in [-0.39, 0.29) is 11.8 Å². The van der Waals surface area contributed by atoms with Gasteiger partial charge in [0.15, 0.2) is 0 Å². The SMILES string of the molecule is COCCNC(=O)CN1CCN(CC(=O)Nc2ccccc2C)CC1. The number of ether oxygens (including phenoxy) is 1. The van der Waals surface area contributed by atoms with Gasteiger partial charge in [-0.15, -0.1) is 0 Å². The number of hydrogen-bond acceptors (Lipinski definition) is 5. The molecule has 2 amide bonds. The first-order valence-electron chi connectivity index (χ1n) is 8.64. The van der Waals surface area contributed by atoms with Gasteiger partial charge < -0.3 is 15.4 Å². The molecule has 0 aliphatic carbocycles. The molecule has 2 rings (SSSR count). The van der Waals surface area contributed by atoms with Crippen LogP contribution < -0.4 is 10.6 Å². The van der Waals surface area contributed by atoms with Crippen molar-refractivity contribution in [3.63, 3.8) is 0 Å². The van der Waals surface area contributed by atoms with Gasteiger partial charge in [0, 0.05) is 45.5 Å². The quantitative estimate of drug-likeness (QED) is 0.662. The Bertz CT molecular complexity index is 571. The lowest BCUT2D eigenvalue weighted by atomic mass is 10.2. The molecule has 1 heterocycles. The molecule has 2 N–H and O–H groups in total. The molecular formula is C18H28N4O3. The van der Waals surface area contributed by atoms with Crippen molar-refractivity contribution in [3.05, 3.63) is 29.8 Å². The van der Waals surface area contributed by atoms with Crippen LogP contribution in [0.5, 0.6) is 0 Å². The van der Waals surface area contributed by atoms with Gasteiger partial charge in [-0.2, -0.15) is 0 Å². The van der Waals surface area contributed by atoms with Crippen LogP contribution in [0.1, 0.15) is 5.56 Å². The van der Waals surface area contributed by atoms with Gasteiger partial charge in [-0.25, -0.2) is 0 Å². The predicted octanol–water partition coefficient (Wildman–Crippen LogP) is 0.314. The Morgan fingerprint density at radius 1 is 1.04 bits per heavy atom. The number of hydrogen-bond donors (Lipinski definition) is 2. The zero-order chi connectivity index (χ0) is 18.1. The number of piperazine rings is 1. The molecule has 1 fully saturated rings. The molecular weight excluding hydrogens is 320 g/mol. The number of methoxy groups -OCH3 is 1. The summed E-state index contributed by atoms with van der Waals surface area (Å²) in [7, 11) is 1.61. The van der Waals surface area contributed by atoms with Crippen LogP contribution in [0.15, 0.2) is 24.3 Å². The molecule has 1 aliphatic rings. The topological polar surface area (TPSA) is 73.9 Å². The lowest BCUT2D eigenvalue weighted by Crippen LogP contribution is -2.51. The van der Waals surface area contributed by atoms with E-state index in [4.69, 9.17) is 4.74 Å². The molecule has 1 saturated heterocycles. The number of carbonyl (C=O) groups excluding carboxylic acids is 2. The minimum atomic E-state index is 0.0000543. The second-order valence-electron chi connectivity index (χ2n) is 6.26. The fourth-order valence-electron chi connectivity index (χ4n) is 2.76. The molecule has 138 valence electrons. The van der Waals surface area contributed by atoms with Crippen LogP contribution in [0.3, 0.4) is 0 Å². The Labute approximate surface area is 149 Å². The first-order chi connectivity index (χ1) is 12.1. The zero-order valence-electron chi connectivity index (χ0n) is 15.1. The molecule has 0 bridgehead atoms. The molecule has 0 atom stereocenters. The van der Waals surface area contributed by atoms with Crippen LogP contribution in [0.25, 0.3) is 0 Å². The number of nitrogens with zero attached hydrogens (tertiary/aromatic N) is 2. The smallest absolute Gasteiger partial charge is 0.238 e. The van der Waals surface area contributed by atoms with Crippen molar-refractivity contribution in [2.24, 2.45) is 0 Å². The first kappa shape index (κ1) is 19.4. The van der Waals surface area contributed by atoms with Gasteiger partial charge in [-0.1, -0.05) is 18.2 Å². The zero-order valence-corrected chi connectivity index (χ0v) is 15.1. The molecule has 7 nitrogen and oxygen atoms in total. The summed E-state index contributed by atoms with van der Waals surface area (Å²) in [6, 6.07) is 7.76. The third-order valence-corrected chi connectivity index (χ3v) is 4.25. The lowest BCUT2D eigenvalue weighted by molar-refractivity contribution is -0.123. The minimum absolute atomic E-state index is 0.0000543. The van der Waals surface area contributed by atoms with Crippen molar-refractivity contribution < 1.29 is 14.3 Å². The molecule has 0 saturated carbocycles. The minimum Gasteiger partial charge on any atom is -0.383 e. The van der Waals surface area contributed by atoms with E-state index in [1.165, 1.54) is 0 Å². The summed E-state index contributed by atoms with van der Waals surface area (Å²) >= 11 is 0. The maximum absolute atomic E-state index is 12.2. The van der Waals surface area contributed by atoms with E-state index in [0.29, 0.717) is 26.2 Å². The van der Waals surface area contributed by atoms with Crippen LogP contribution in [-0.2, 0) is 14.3 Å². The van der Waals surface area contributed by atoms with E-state index >= 15 is 0 Å². The van der Waals surface area contributed by atoms with Gasteiger partial charge in [0.25, 0.3) is 0 Å². The third-order valence-electron chi connectivity index (χ3n) is 4.25. The first-order valence-corrected chi connectivity index (χ1v) is 8.64. The number of amides is 2.